The first kappa shape index (κ1) is 41.0. The predicted molar refractivity (Wildman–Crippen MR) is 183 cm³/mol. The second kappa shape index (κ2) is 15.0. The van der Waals surface area contributed by atoms with Crippen LogP contribution in [-0.2, 0) is 44.6 Å². The molecule has 3 saturated carbocycles. The van der Waals surface area contributed by atoms with Gasteiger partial charge in [0.25, 0.3) is 0 Å². The van der Waals surface area contributed by atoms with Gasteiger partial charge in [0.2, 0.25) is 5.78 Å². The number of unbranched alkanes of at least 4 members (excludes halogenated alkanes) is 1. The highest BCUT2D eigenvalue weighted by molar-refractivity contribution is 6.01. The maximum absolute atomic E-state index is 17.7. The lowest BCUT2D eigenvalue weighted by Crippen LogP contribution is -2.71. The first-order valence-electron chi connectivity index (χ1n) is 18.3. The molecule has 1 aromatic carbocycles. The smallest absolute Gasteiger partial charge is 0.465 e. The number of Topliss-reactive ketones (excluding diaryl/α,β-unsaturated/α-hetero) is 1. The van der Waals surface area contributed by atoms with Gasteiger partial charge < -0.3 is 34.5 Å². The summed E-state index contributed by atoms with van der Waals surface area (Å²) >= 11 is 0. The van der Waals surface area contributed by atoms with E-state index < -0.39 is 99.8 Å². The molecule has 10 atom stereocenters. The normalized spacial score (nSPS) is 36.2. The molecule has 0 spiro atoms. The fraction of sp³-hybridized carbons (Fsp3) is 0.632. The van der Waals surface area contributed by atoms with E-state index in [4.69, 9.17) is 39.8 Å². The van der Waals surface area contributed by atoms with Crippen LogP contribution in [-0.4, -0.2) is 106 Å². The largest absolute Gasteiger partial charge is 0.514 e. The lowest BCUT2D eigenvalue weighted by atomic mass is 9.44. The quantitative estimate of drug-likeness (QED) is 0.0971. The molecule has 0 aromatic heterocycles. The average Bonchev–Trinajstić information content (AvgIpc) is 3.53. The molecule has 0 radical (unpaired) electrons. The molecular formula is C38H48F2N2O13. The highest BCUT2D eigenvalue weighted by Crippen LogP contribution is 2.72. The third-order valence-corrected chi connectivity index (χ3v) is 12.2. The summed E-state index contributed by atoms with van der Waals surface area (Å²) < 4.78 is 61.9. The number of esters is 1. The van der Waals surface area contributed by atoms with Crippen molar-refractivity contribution in [2.24, 2.45) is 28.4 Å². The number of alkyl halides is 2. The molecule has 1 heterocycles. The number of halogens is 2. The van der Waals surface area contributed by atoms with Gasteiger partial charge in [0, 0.05) is 16.7 Å². The minimum absolute atomic E-state index is 0.0110. The minimum atomic E-state index is -2.37. The fourth-order valence-corrected chi connectivity index (χ4v) is 9.82. The molecule has 0 amide bonds. The number of allylic oxidation sites excluding steroid dienone is 4. The Morgan fingerprint density at radius 2 is 1.73 bits per heavy atom. The summed E-state index contributed by atoms with van der Waals surface area (Å²) in [5.74, 6) is -4.74. The number of ketones is 2. The lowest BCUT2D eigenvalue weighted by molar-refractivity contribution is -0.492. The van der Waals surface area contributed by atoms with Crippen LogP contribution in [0.4, 0.5) is 13.6 Å². The van der Waals surface area contributed by atoms with E-state index in [1.807, 2.05) is 0 Å². The van der Waals surface area contributed by atoms with Gasteiger partial charge in [-0.05, 0) is 101 Å². The standard InChI is InChI=1S/C38H48F2N2O13/c1-34(2)54-31-18-24-25-17-27(39)26-16-22(43)11-12-35(26,3)37(25,40)29(44)19-36(24,4)38(31,55-34)30(45)20-51-33(47)53-23-9-7-21(8-10-23)15-28(41)32(46)50-13-5-6-14-52-42(48)49/h7-12,16,24-25,27-29,31,44,48-49H,5-6,13-15,17-20,41H2,1-4H3/t24?,25?,27-,28-,29-,31+,35-,36-,37-,38+/m0/s1. The molecule has 1 aliphatic heterocycles. The minimum Gasteiger partial charge on any atom is -0.465 e. The number of benzene rings is 1. The van der Waals surface area contributed by atoms with Crippen LogP contribution in [0, 0.1) is 22.7 Å². The third-order valence-electron chi connectivity index (χ3n) is 12.2. The molecule has 15 nitrogen and oxygen atoms in total. The van der Waals surface area contributed by atoms with Crippen molar-refractivity contribution in [3.05, 3.63) is 53.6 Å². The number of ether oxygens (including phenoxy) is 5. The Kier molecular flexibility index (Phi) is 11.2. The molecule has 5 aliphatic rings. The van der Waals surface area contributed by atoms with Gasteiger partial charge in [-0.15, -0.1) is 0 Å². The van der Waals surface area contributed by atoms with Crippen LogP contribution in [0.1, 0.15) is 65.4 Å². The molecule has 302 valence electrons. The molecule has 1 saturated heterocycles. The van der Waals surface area contributed by atoms with E-state index in [9.17, 15) is 24.3 Å². The summed E-state index contributed by atoms with van der Waals surface area (Å²) in [6, 6.07) is 5.07. The number of nitrogens with zero attached hydrogens (tertiary/aromatic N) is 1. The van der Waals surface area contributed by atoms with E-state index in [1.165, 1.54) is 31.2 Å². The van der Waals surface area contributed by atoms with Crippen LogP contribution < -0.4 is 10.5 Å². The molecule has 5 N–H and O–H groups in total. The first-order chi connectivity index (χ1) is 25.8. The Balaban J connectivity index is 1.09. The Morgan fingerprint density at radius 1 is 1.04 bits per heavy atom. The molecule has 55 heavy (non-hydrogen) atoms. The van der Waals surface area contributed by atoms with Crippen molar-refractivity contribution in [2.45, 2.75) is 108 Å². The summed E-state index contributed by atoms with van der Waals surface area (Å²) in [6.45, 7) is 5.71. The van der Waals surface area contributed by atoms with E-state index in [2.05, 4.69) is 4.84 Å². The summed E-state index contributed by atoms with van der Waals surface area (Å²) in [5.41, 5.74) is -0.449. The Morgan fingerprint density at radius 3 is 2.42 bits per heavy atom. The SMILES string of the molecule is CC1(C)O[C@@H]2CC3C4C[C@H](F)C5=CC(=O)C=C[C@]5(C)[C@@]4(F)[C@@H](O)C[C@]3(C)[C@]2(C(=O)COC(=O)Oc2ccc(C[C@H](N)C(=O)OCCCCON(O)O)cc2)O1. The number of hydrogen-bond acceptors (Lipinski definition) is 15. The summed E-state index contributed by atoms with van der Waals surface area (Å²) in [6.07, 6.45) is -1.35. The average molecular weight is 779 g/mol. The van der Waals surface area contributed by atoms with Gasteiger partial charge in [-0.3, -0.25) is 29.6 Å². The second-order valence-corrected chi connectivity index (χ2v) is 15.9. The van der Waals surface area contributed by atoms with Crippen LogP contribution >= 0.6 is 0 Å². The van der Waals surface area contributed by atoms with Gasteiger partial charge in [0.1, 0.15) is 18.0 Å². The molecule has 0 bridgehead atoms. The zero-order valence-corrected chi connectivity index (χ0v) is 31.1. The highest BCUT2D eigenvalue weighted by Gasteiger charge is 2.80. The Hall–Kier alpha value is -3.68. The van der Waals surface area contributed by atoms with E-state index in [1.54, 1.807) is 32.9 Å². The second-order valence-electron chi connectivity index (χ2n) is 15.9. The van der Waals surface area contributed by atoms with Crippen molar-refractivity contribution in [2.75, 3.05) is 19.8 Å². The molecule has 4 fully saturated rings. The van der Waals surface area contributed by atoms with Crippen molar-refractivity contribution < 1.29 is 72.0 Å². The highest BCUT2D eigenvalue weighted by atomic mass is 19.1. The first-order valence-corrected chi connectivity index (χ1v) is 18.3. The number of fused-ring (bicyclic) bond motifs is 7. The van der Waals surface area contributed by atoms with E-state index >= 15 is 8.78 Å². The maximum atomic E-state index is 17.7. The van der Waals surface area contributed by atoms with E-state index in [-0.39, 0.29) is 50.2 Å². The predicted octanol–water partition coefficient (Wildman–Crippen LogP) is 3.80. The molecule has 17 heteroatoms. The zero-order valence-electron chi connectivity index (χ0n) is 31.1. The molecule has 4 aliphatic carbocycles. The molecule has 1 aromatic rings. The maximum Gasteiger partial charge on any atom is 0.514 e. The van der Waals surface area contributed by atoms with Crippen LogP contribution in [0.15, 0.2) is 48.1 Å². The van der Waals surface area contributed by atoms with E-state index in [0.717, 1.165) is 6.08 Å². The number of aliphatic hydroxyl groups is 1. The van der Waals surface area contributed by atoms with Crippen molar-refractivity contribution in [3.8, 4) is 5.75 Å². The van der Waals surface area contributed by atoms with Gasteiger partial charge in [0.05, 0.1) is 30.8 Å². The Labute approximate surface area is 316 Å². The number of carbonyl (C=O) groups excluding carboxylic acids is 4. The van der Waals surface area contributed by atoms with Gasteiger partial charge in [-0.2, -0.15) is 0 Å². The summed E-state index contributed by atoms with van der Waals surface area (Å²) in [4.78, 5) is 56.0. The van der Waals surface area contributed by atoms with Crippen molar-refractivity contribution in [3.63, 3.8) is 0 Å². The Bertz CT molecular complexity index is 1740. The van der Waals surface area contributed by atoms with Gasteiger partial charge in [0.15, 0.2) is 29.4 Å². The van der Waals surface area contributed by atoms with Crippen LogP contribution in [0.3, 0.4) is 0 Å². The van der Waals surface area contributed by atoms with E-state index in [0.29, 0.717) is 18.4 Å². The number of rotatable bonds is 13. The molecule has 6 rings (SSSR count). The molecular weight excluding hydrogens is 730 g/mol. The number of hydrogen-bond donors (Lipinski definition) is 4. The van der Waals surface area contributed by atoms with Crippen molar-refractivity contribution >= 4 is 23.7 Å². The number of carbonyl (C=O) groups is 4. The fourth-order valence-electron chi connectivity index (χ4n) is 9.82. The topological polar surface area (TPSA) is 214 Å². The van der Waals surface area contributed by atoms with Crippen molar-refractivity contribution in [1.29, 1.82) is 0 Å². The van der Waals surface area contributed by atoms with Crippen LogP contribution in [0.2, 0.25) is 0 Å². The van der Waals surface area contributed by atoms with Gasteiger partial charge >= 0.3 is 12.1 Å². The van der Waals surface area contributed by atoms with Crippen LogP contribution in [0.5, 0.6) is 5.75 Å². The number of aliphatic hydroxyl groups excluding tert-OH is 1. The monoisotopic (exact) mass is 778 g/mol. The van der Waals surface area contributed by atoms with Crippen LogP contribution in [0.25, 0.3) is 0 Å². The third kappa shape index (κ3) is 7.14. The molecule has 2 unspecified atom stereocenters. The number of nitrogens with two attached hydrogens (primary N) is 1. The lowest BCUT2D eigenvalue weighted by Gasteiger charge is -2.63. The summed E-state index contributed by atoms with van der Waals surface area (Å²) in [7, 11) is 0. The van der Waals surface area contributed by atoms with Gasteiger partial charge in [-0.1, -0.05) is 25.1 Å². The summed E-state index contributed by atoms with van der Waals surface area (Å²) in [5, 5.41) is 28.3. The zero-order chi connectivity index (χ0) is 40.1. The van der Waals surface area contributed by atoms with Crippen molar-refractivity contribution in [1.82, 2.24) is 5.39 Å². The van der Waals surface area contributed by atoms with Gasteiger partial charge in [-0.25, -0.2) is 13.6 Å².